The molecule has 1 aromatic rings. The number of aliphatic imine (C=N–C) groups is 1. The van der Waals surface area contributed by atoms with Gasteiger partial charge >= 0.3 is 0 Å². The molecule has 1 amide bonds. The van der Waals surface area contributed by atoms with Crippen molar-refractivity contribution in [3.05, 3.63) is 24.2 Å². The Hall–Kier alpha value is -1.29. The zero-order valence-electron chi connectivity index (χ0n) is 15.8. The van der Waals surface area contributed by atoms with Crippen LogP contribution in [0.3, 0.4) is 0 Å². The first-order valence-corrected chi connectivity index (χ1v) is 9.71. The highest BCUT2D eigenvalue weighted by Gasteiger charge is 2.19. The lowest BCUT2D eigenvalue weighted by Crippen LogP contribution is -2.40. The van der Waals surface area contributed by atoms with Gasteiger partial charge in [-0.1, -0.05) is 0 Å². The van der Waals surface area contributed by atoms with E-state index in [1.165, 1.54) is 0 Å². The molecule has 3 rings (SSSR count). The molecule has 27 heavy (non-hydrogen) atoms. The van der Waals surface area contributed by atoms with Gasteiger partial charge in [0.25, 0.3) is 0 Å². The molecule has 0 spiro atoms. The van der Waals surface area contributed by atoms with Gasteiger partial charge in [-0.2, -0.15) is 0 Å². The van der Waals surface area contributed by atoms with E-state index in [-0.39, 0.29) is 29.9 Å². The van der Waals surface area contributed by atoms with Gasteiger partial charge in [-0.05, 0) is 31.4 Å². The number of amides is 1. The van der Waals surface area contributed by atoms with Crippen LogP contribution in [0, 0.1) is 5.92 Å². The lowest BCUT2D eigenvalue weighted by atomic mass is 10.1. The topological polar surface area (TPSA) is 79.1 Å². The Balaban J connectivity index is 0.00000261. The molecule has 7 nitrogen and oxygen atoms in total. The number of furan rings is 1. The van der Waals surface area contributed by atoms with Gasteiger partial charge in [0.05, 0.1) is 12.9 Å². The van der Waals surface area contributed by atoms with Gasteiger partial charge in [-0.3, -0.25) is 9.79 Å². The summed E-state index contributed by atoms with van der Waals surface area (Å²) in [6.45, 7) is 5.73. The Bertz CT molecular complexity index is 574. The van der Waals surface area contributed by atoms with Crippen LogP contribution in [-0.4, -0.2) is 62.7 Å². The Morgan fingerprint density at radius 3 is 2.93 bits per heavy atom. The molecule has 152 valence electrons. The first-order chi connectivity index (χ1) is 12.8. The van der Waals surface area contributed by atoms with Crippen molar-refractivity contribution in [2.24, 2.45) is 10.9 Å². The number of likely N-dealkylation sites (tertiary alicyclic amines) is 1. The average Bonchev–Trinajstić information content (AvgIpc) is 3.39. The molecule has 1 atom stereocenters. The molecule has 2 aliphatic heterocycles. The van der Waals surface area contributed by atoms with Gasteiger partial charge in [0.15, 0.2) is 5.96 Å². The van der Waals surface area contributed by atoms with Crippen molar-refractivity contribution in [1.29, 1.82) is 0 Å². The number of halogens is 1. The minimum absolute atomic E-state index is 0. The molecule has 1 unspecified atom stereocenters. The summed E-state index contributed by atoms with van der Waals surface area (Å²) in [5, 5.41) is 6.77. The lowest BCUT2D eigenvalue weighted by molar-refractivity contribution is -0.127. The van der Waals surface area contributed by atoms with Crippen LogP contribution in [0.15, 0.2) is 27.8 Å². The number of carbonyl (C=O) groups excluding carboxylic acids is 1. The fraction of sp³-hybridized carbons (Fsp3) is 0.684. The third kappa shape index (κ3) is 7.69. The molecule has 1 aromatic heterocycles. The highest BCUT2D eigenvalue weighted by Crippen LogP contribution is 2.12. The van der Waals surface area contributed by atoms with Crippen LogP contribution >= 0.6 is 24.0 Å². The van der Waals surface area contributed by atoms with Crippen LogP contribution in [-0.2, 0) is 16.0 Å². The maximum atomic E-state index is 11.7. The Labute approximate surface area is 178 Å². The summed E-state index contributed by atoms with van der Waals surface area (Å²) in [5.41, 5.74) is 0. The quantitative estimate of drug-likeness (QED) is 0.240. The van der Waals surface area contributed by atoms with E-state index in [1.807, 2.05) is 17.0 Å². The van der Waals surface area contributed by atoms with Crippen LogP contribution in [0.5, 0.6) is 0 Å². The maximum Gasteiger partial charge on any atom is 0.222 e. The van der Waals surface area contributed by atoms with E-state index < -0.39 is 0 Å². The minimum atomic E-state index is 0. The Kier molecular flexibility index (Phi) is 9.96. The second-order valence-electron chi connectivity index (χ2n) is 6.94. The maximum absolute atomic E-state index is 11.7. The molecular formula is C19H31IN4O3. The number of hydrogen-bond acceptors (Lipinski definition) is 4. The van der Waals surface area contributed by atoms with Crippen LogP contribution in [0.2, 0.25) is 0 Å². The largest absolute Gasteiger partial charge is 0.469 e. The molecule has 2 saturated heterocycles. The Morgan fingerprint density at radius 2 is 2.22 bits per heavy atom. The molecular weight excluding hydrogens is 459 g/mol. The standard InChI is InChI=1S/C19H30N4O3.HI/c24-18-5-1-10-23(18)11-3-8-20-19(22-14-16-7-13-25-15-16)21-9-6-17-4-2-12-26-17;/h2,4,12,16H,1,3,5-11,13-15H2,(H2,20,21,22);1H. The van der Waals surface area contributed by atoms with E-state index in [1.54, 1.807) is 6.26 Å². The van der Waals surface area contributed by atoms with E-state index in [0.29, 0.717) is 12.3 Å². The predicted octanol–water partition coefficient (Wildman–Crippen LogP) is 2.02. The van der Waals surface area contributed by atoms with E-state index in [2.05, 4.69) is 10.6 Å². The summed E-state index contributed by atoms with van der Waals surface area (Å²) in [5.74, 6) is 2.60. The number of nitrogens with zero attached hydrogens (tertiary/aromatic N) is 2. The van der Waals surface area contributed by atoms with Gasteiger partial charge in [0.1, 0.15) is 5.76 Å². The van der Waals surface area contributed by atoms with Gasteiger partial charge in [-0.15, -0.1) is 24.0 Å². The summed E-state index contributed by atoms with van der Waals surface area (Å²) < 4.78 is 10.8. The molecule has 3 heterocycles. The smallest absolute Gasteiger partial charge is 0.222 e. The first kappa shape index (κ1) is 22.0. The summed E-state index contributed by atoms with van der Waals surface area (Å²) in [6.07, 6.45) is 6.23. The zero-order chi connectivity index (χ0) is 18.0. The molecule has 2 N–H and O–H groups in total. The molecule has 0 bridgehead atoms. The van der Waals surface area contributed by atoms with Crippen molar-refractivity contribution in [2.45, 2.75) is 32.1 Å². The van der Waals surface area contributed by atoms with Gasteiger partial charge in [0, 0.05) is 58.1 Å². The van der Waals surface area contributed by atoms with Crippen LogP contribution in [0.25, 0.3) is 0 Å². The van der Waals surface area contributed by atoms with E-state index in [9.17, 15) is 4.79 Å². The number of ether oxygens (including phenoxy) is 1. The van der Waals surface area contributed by atoms with E-state index >= 15 is 0 Å². The van der Waals surface area contributed by atoms with Crippen molar-refractivity contribution in [2.75, 3.05) is 45.9 Å². The fourth-order valence-corrected chi connectivity index (χ4v) is 3.30. The minimum Gasteiger partial charge on any atom is -0.469 e. The number of guanidine groups is 1. The fourth-order valence-electron chi connectivity index (χ4n) is 3.30. The van der Waals surface area contributed by atoms with E-state index in [4.69, 9.17) is 14.1 Å². The molecule has 0 aromatic carbocycles. The average molecular weight is 490 g/mol. The van der Waals surface area contributed by atoms with E-state index in [0.717, 1.165) is 83.3 Å². The second-order valence-corrected chi connectivity index (χ2v) is 6.94. The lowest BCUT2D eigenvalue weighted by Gasteiger charge is -2.17. The van der Waals surface area contributed by atoms with Crippen molar-refractivity contribution in [3.8, 4) is 0 Å². The number of rotatable bonds is 9. The van der Waals surface area contributed by atoms with Gasteiger partial charge < -0.3 is 24.7 Å². The predicted molar refractivity (Wildman–Crippen MR) is 115 cm³/mol. The number of hydrogen-bond donors (Lipinski definition) is 2. The van der Waals surface area contributed by atoms with Crippen molar-refractivity contribution in [3.63, 3.8) is 0 Å². The van der Waals surface area contributed by atoms with Crippen LogP contribution < -0.4 is 10.6 Å². The monoisotopic (exact) mass is 490 g/mol. The summed E-state index contributed by atoms with van der Waals surface area (Å²) in [6, 6.07) is 3.89. The van der Waals surface area contributed by atoms with Gasteiger partial charge in [0.2, 0.25) is 5.91 Å². The SMILES string of the molecule is I.O=C1CCCN1CCCNC(=NCC1CCOC1)NCCc1ccco1. The van der Waals surface area contributed by atoms with Crippen molar-refractivity contribution >= 4 is 35.8 Å². The molecule has 2 fully saturated rings. The third-order valence-corrected chi connectivity index (χ3v) is 4.84. The molecule has 8 heteroatoms. The molecule has 2 aliphatic rings. The summed E-state index contributed by atoms with van der Waals surface area (Å²) in [4.78, 5) is 18.3. The molecule has 0 saturated carbocycles. The van der Waals surface area contributed by atoms with Crippen molar-refractivity contribution in [1.82, 2.24) is 15.5 Å². The highest BCUT2D eigenvalue weighted by molar-refractivity contribution is 14.0. The molecule has 0 aliphatic carbocycles. The zero-order valence-corrected chi connectivity index (χ0v) is 18.2. The summed E-state index contributed by atoms with van der Waals surface area (Å²) >= 11 is 0. The number of carbonyl (C=O) groups is 1. The van der Waals surface area contributed by atoms with Crippen LogP contribution in [0.1, 0.15) is 31.4 Å². The normalized spacial score (nSPS) is 20.0. The Morgan fingerprint density at radius 1 is 1.33 bits per heavy atom. The second kappa shape index (κ2) is 12.2. The van der Waals surface area contributed by atoms with Crippen LogP contribution in [0.4, 0.5) is 0 Å². The highest BCUT2D eigenvalue weighted by atomic mass is 127. The third-order valence-electron chi connectivity index (χ3n) is 4.84. The number of nitrogens with one attached hydrogen (secondary N) is 2. The van der Waals surface area contributed by atoms with Gasteiger partial charge in [-0.25, -0.2) is 0 Å². The molecule has 0 radical (unpaired) electrons. The first-order valence-electron chi connectivity index (χ1n) is 9.71. The summed E-state index contributed by atoms with van der Waals surface area (Å²) in [7, 11) is 0. The van der Waals surface area contributed by atoms with Crippen molar-refractivity contribution < 1.29 is 13.9 Å².